The molecule has 0 unspecified atom stereocenters. The van der Waals surface area contributed by atoms with Crippen LogP contribution >= 0.6 is 0 Å². The smallest absolute Gasteiger partial charge is 0.000496 e. The first-order valence-electron chi connectivity index (χ1n) is 1.58. The zero-order chi connectivity index (χ0) is 3.54. The van der Waals surface area contributed by atoms with Gasteiger partial charge in [0.25, 0.3) is 0 Å². The molecule has 0 aromatic carbocycles. The topological polar surface area (TPSA) is 46.3 Å². The Morgan fingerprint density at radius 3 is 1.57 bits per heavy atom. The molecule has 1 aromatic rings. The second-order valence-electron chi connectivity index (χ2n) is 0.885. The van der Waals surface area contributed by atoms with Crippen molar-refractivity contribution in [2.24, 2.45) is 0 Å². The summed E-state index contributed by atoms with van der Waals surface area (Å²) >= 11 is 0. The molecule has 0 bridgehead atoms. The Hall–Kier alpha value is -0.760. The van der Waals surface area contributed by atoms with Crippen LogP contribution in [0.25, 0.3) is 0 Å². The van der Waals surface area contributed by atoms with Crippen molar-refractivity contribution in [3.63, 3.8) is 0 Å². The molecule has 35 valence electrons. The van der Waals surface area contributed by atoms with Crippen LogP contribution in [0.1, 0.15) is 0 Å². The zero-order valence-electron chi connectivity index (χ0n) is 3.76. The molecular weight excluding hydrogens is 88.1 g/mol. The first kappa shape index (κ1) is 9.53. The highest BCUT2D eigenvalue weighted by Gasteiger charge is 1.55. The number of nitrogens with one attached hydrogen (secondary N) is 1. The summed E-state index contributed by atoms with van der Waals surface area (Å²) in [5.74, 6) is 0. The van der Waals surface area contributed by atoms with E-state index in [1.165, 1.54) is 0 Å². The summed E-state index contributed by atoms with van der Waals surface area (Å²) in [5, 5.41) is 0. The normalized spacial score (nSPS) is 5.71. The molecule has 1 rings (SSSR count). The molecule has 2 nitrogen and oxygen atoms in total. The van der Waals surface area contributed by atoms with Gasteiger partial charge in [-0.1, -0.05) is 0 Å². The highest BCUT2D eigenvalue weighted by atomic mass is 14.6. The van der Waals surface area contributed by atoms with E-state index in [9.17, 15) is 0 Å². The van der Waals surface area contributed by atoms with Gasteiger partial charge in [-0.25, -0.2) is 0 Å². The molecule has 0 aliphatic heterocycles. The Balaban J connectivity index is 0. The summed E-state index contributed by atoms with van der Waals surface area (Å²) in [6, 6.07) is 3.89. The maximum absolute atomic E-state index is 2.86. The molecule has 0 fully saturated rings. The van der Waals surface area contributed by atoms with Crippen molar-refractivity contribution >= 4 is 0 Å². The fourth-order valence-electron chi connectivity index (χ4n) is 0.278. The van der Waals surface area contributed by atoms with Gasteiger partial charge in [-0.15, -0.1) is 0 Å². The van der Waals surface area contributed by atoms with Crippen LogP contribution in [0.4, 0.5) is 0 Å². The van der Waals surface area contributed by atoms with Crippen molar-refractivity contribution in [1.82, 2.24) is 11.1 Å². The molecule has 0 spiro atoms. The summed E-state index contributed by atoms with van der Waals surface area (Å²) in [6.07, 6.45) is 3.75. The maximum atomic E-state index is 2.86. The van der Waals surface area contributed by atoms with E-state index in [1.54, 1.807) is 0 Å². The van der Waals surface area contributed by atoms with Crippen molar-refractivity contribution in [2.45, 2.75) is 0 Å². The Morgan fingerprint density at radius 2 is 1.43 bits per heavy atom. The molecular formula is C5H5N2. The van der Waals surface area contributed by atoms with Crippen molar-refractivity contribution in [3.05, 3.63) is 32.0 Å². The Labute approximate surface area is 44.1 Å². The lowest BCUT2D eigenvalue weighted by Crippen LogP contribution is -1.38. The van der Waals surface area contributed by atoms with E-state index in [-0.39, 0.29) is 13.6 Å². The van der Waals surface area contributed by atoms with Crippen molar-refractivity contribution in [2.75, 3.05) is 0 Å². The molecule has 0 aliphatic rings. The predicted octanol–water partition coefficient (Wildman–Crippen LogP) is 0.615. The van der Waals surface area contributed by atoms with Crippen LogP contribution in [0.5, 0.6) is 0 Å². The first-order valence-corrected chi connectivity index (χ1v) is 1.58. The largest absolute Gasteiger partial charge is 0.368 e. The average Bonchev–Trinajstić information content (AvgIpc) is 1.76. The lowest BCUT2D eigenvalue weighted by molar-refractivity contribution is 1.42. The number of aromatic amines is 1. The lowest BCUT2D eigenvalue weighted by Gasteiger charge is -1.49. The minimum absolute atomic E-state index is 0. The van der Waals surface area contributed by atoms with Crippen molar-refractivity contribution in [1.29, 1.82) is 0 Å². The number of rotatable bonds is 0. The Bertz CT molecular complexity index is 62.6. The second kappa shape index (κ2) is 5.24. The number of hydrogen-bond donors (Lipinski definition) is 1. The van der Waals surface area contributed by atoms with Gasteiger partial charge in [-0.3, -0.25) is 0 Å². The minimum atomic E-state index is 0. The van der Waals surface area contributed by atoms with Crippen LogP contribution in [0.15, 0.2) is 24.5 Å². The van der Waals surface area contributed by atoms with E-state index in [2.05, 4.69) is 4.98 Å². The van der Waals surface area contributed by atoms with E-state index >= 15 is 0 Å². The van der Waals surface area contributed by atoms with Gasteiger partial charge in [0.15, 0.2) is 0 Å². The van der Waals surface area contributed by atoms with Gasteiger partial charge in [0.05, 0.1) is 0 Å². The van der Waals surface area contributed by atoms with E-state index in [4.69, 9.17) is 0 Å². The van der Waals surface area contributed by atoms with Crippen molar-refractivity contribution in [3.8, 4) is 0 Å². The average molecular weight is 93.1 g/mol. The SMILES string of the molecule is [C].[N].c1cc[nH]c1. The molecule has 2 heteroatoms. The maximum Gasteiger partial charge on any atom is 0.000496 e. The molecule has 0 aliphatic carbocycles. The van der Waals surface area contributed by atoms with E-state index in [0.717, 1.165) is 0 Å². The zero-order valence-corrected chi connectivity index (χ0v) is 3.76. The van der Waals surface area contributed by atoms with Crippen LogP contribution in [0, 0.1) is 7.43 Å². The summed E-state index contributed by atoms with van der Waals surface area (Å²) in [4.78, 5) is 2.86. The monoisotopic (exact) mass is 93.0 g/mol. The quantitative estimate of drug-likeness (QED) is 0.488. The van der Waals surface area contributed by atoms with Gasteiger partial charge in [0.1, 0.15) is 0 Å². The number of H-pyrrole nitrogens is 1. The van der Waals surface area contributed by atoms with Crippen LogP contribution in [0.2, 0.25) is 0 Å². The minimum Gasteiger partial charge on any atom is -0.368 e. The predicted molar refractivity (Wildman–Crippen MR) is 26.2 cm³/mol. The number of aromatic nitrogens is 1. The highest BCUT2D eigenvalue weighted by molar-refractivity contribution is 4.84. The molecule has 0 amide bonds. The van der Waals surface area contributed by atoms with Gasteiger partial charge >= 0.3 is 0 Å². The van der Waals surface area contributed by atoms with Gasteiger partial charge in [0.2, 0.25) is 0 Å². The van der Waals surface area contributed by atoms with Crippen LogP contribution < -0.4 is 6.15 Å². The third-order valence-electron chi connectivity index (χ3n) is 0.496. The van der Waals surface area contributed by atoms with Gasteiger partial charge < -0.3 is 4.98 Å². The number of nitrogens with zero attached hydrogens (tertiary/aromatic N) is 1. The highest BCUT2D eigenvalue weighted by Crippen LogP contribution is 1.72. The van der Waals surface area contributed by atoms with Crippen LogP contribution in [0.3, 0.4) is 0 Å². The third-order valence-corrected chi connectivity index (χ3v) is 0.496. The standard InChI is InChI=1S/C4H5N.C.N/c1-2-4-5-3-1;;/h1-5H;;. The van der Waals surface area contributed by atoms with Gasteiger partial charge in [-0.05, 0) is 12.1 Å². The lowest BCUT2D eigenvalue weighted by atomic mass is 10.7. The van der Waals surface area contributed by atoms with E-state index < -0.39 is 0 Å². The van der Waals surface area contributed by atoms with Gasteiger partial charge in [0, 0.05) is 26.0 Å². The van der Waals surface area contributed by atoms with Crippen LogP contribution in [-0.4, -0.2) is 4.98 Å². The molecule has 7 radical (unpaired) electrons. The first-order chi connectivity index (χ1) is 2.50. The molecule has 1 N–H and O–H groups in total. The van der Waals surface area contributed by atoms with Gasteiger partial charge in [-0.2, -0.15) is 0 Å². The Morgan fingerprint density at radius 1 is 1.00 bits per heavy atom. The summed E-state index contributed by atoms with van der Waals surface area (Å²) in [5.41, 5.74) is 0. The Kier molecular flexibility index (Phi) is 7.13. The summed E-state index contributed by atoms with van der Waals surface area (Å²) < 4.78 is 0. The summed E-state index contributed by atoms with van der Waals surface area (Å²) in [7, 11) is 0. The molecule has 1 aromatic heterocycles. The van der Waals surface area contributed by atoms with E-state index in [0.29, 0.717) is 0 Å². The second-order valence-corrected chi connectivity index (χ2v) is 0.885. The molecule has 0 saturated heterocycles. The third kappa shape index (κ3) is 3.06. The van der Waals surface area contributed by atoms with E-state index in [1.807, 2.05) is 24.5 Å². The number of hydrogen-bond acceptors (Lipinski definition) is 0. The van der Waals surface area contributed by atoms with Crippen LogP contribution in [-0.2, 0) is 0 Å². The molecule has 0 saturated carbocycles. The fourth-order valence-corrected chi connectivity index (χ4v) is 0.278. The summed E-state index contributed by atoms with van der Waals surface area (Å²) in [6.45, 7) is 0. The molecule has 1 heterocycles. The molecule has 7 heavy (non-hydrogen) atoms. The fraction of sp³-hybridized carbons (Fsp3) is 0. The molecule has 0 atom stereocenters. The van der Waals surface area contributed by atoms with Crippen molar-refractivity contribution < 1.29 is 0 Å².